The first-order valence-electron chi connectivity index (χ1n) is 6.46. The molecule has 5 nitrogen and oxygen atoms in total. The van der Waals surface area contributed by atoms with Crippen molar-refractivity contribution in [3.8, 4) is 0 Å². The normalized spacial score (nSPS) is 18.6. The third kappa shape index (κ3) is 3.26. The molecule has 1 saturated heterocycles. The van der Waals surface area contributed by atoms with E-state index in [2.05, 4.69) is 9.62 Å². The Bertz CT molecular complexity index is 549. The summed E-state index contributed by atoms with van der Waals surface area (Å²) in [5.41, 5.74) is 6.89. The Morgan fingerprint density at radius 3 is 2.58 bits per heavy atom. The molecule has 0 saturated carbocycles. The molecule has 1 aromatic carbocycles. The van der Waals surface area contributed by atoms with Crippen LogP contribution in [0.5, 0.6) is 0 Å². The lowest BCUT2D eigenvalue weighted by Crippen LogP contribution is -2.43. The van der Waals surface area contributed by atoms with Crippen molar-refractivity contribution in [3.63, 3.8) is 0 Å². The van der Waals surface area contributed by atoms with Gasteiger partial charge in [0.1, 0.15) is 0 Å². The van der Waals surface area contributed by atoms with E-state index in [-0.39, 0.29) is 10.9 Å². The first-order valence-corrected chi connectivity index (χ1v) is 7.94. The average molecular weight is 283 g/mol. The van der Waals surface area contributed by atoms with E-state index in [1.165, 1.54) is 0 Å². The quantitative estimate of drug-likeness (QED) is 0.810. The van der Waals surface area contributed by atoms with E-state index >= 15 is 0 Å². The van der Waals surface area contributed by atoms with Crippen molar-refractivity contribution in [2.24, 2.45) is 0 Å². The van der Waals surface area contributed by atoms with Crippen LogP contribution in [-0.4, -0.2) is 39.5 Å². The molecule has 0 spiro atoms. The Labute approximate surface area is 114 Å². The van der Waals surface area contributed by atoms with Crippen LogP contribution in [0.1, 0.15) is 18.4 Å². The van der Waals surface area contributed by atoms with Crippen molar-refractivity contribution in [1.29, 1.82) is 0 Å². The number of nitrogens with two attached hydrogens (primary N) is 1. The van der Waals surface area contributed by atoms with Gasteiger partial charge in [0.25, 0.3) is 0 Å². The smallest absolute Gasteiger partial charge is 0.241 e. The van der Waals surface area contributed by atoms with Crippen LogP contribution in [0.2, 0.25) is 0 Å². The lowest BCUT2D eigenvalue weighted by Gasteiger charge is -2.29. The zero-order chi connectivity index (χ0) is 14.0. The van der Waals surface area contributed by atoms with Gasteiger partial charge in [-0.2, -0.15) is 0 Å². The highest BCUT2D eigenvalue weighted by atomic mass is 32.2. The monoisotopic (exact) mass is 283 g/mol. The molecule has 106 valence electrons. The Balaban J connectivity index is 2.16. The van der Waals surface area contributed by atoms with Crippen LogP contribution in [0.25, 0.3) is 0 Å². The molecule has 1 aromatic rings. The maximum absolute atomic E-state index is 12.4. The topological polar surface area (TPSA) is 75.4 Å². The molecule has 1 aliphatic rings. The molecule has 0 bridgehead atoms. The van der Waals surface area contributed by atoms with Crippen LogP contribution in [0, 0.1) is 6.92 Å². The van der Waals surface area contributed by atoms with E-state index in [0.717, 1.165) is 25.9 Å². The summed E-state index contributed by atoms with van der Waals surface area (Å²) in [4.78, 5) is 2.49. The second-order valence-electron chi connectivity index (χ2n) is 5.17. The summed E-state index contributed by atoms with van der Waals surface area (Å²) >= 11 is 0. The van der Waals surface area contributed by atoms with Crippen molar-refractivity contribution in [2.45, 2.75) is 30.7 Å². The summed E-state index contributed by atoms with van der Waals surface area (Å²) in [7, 11) is -1.43. The number of benzene rings is 1. The molecule has 0 atom stereocenters. The van der Waals surface area contributed by atoms with E-state index in [9.17, 15) is 8.42 Å². The van der Waals surface area contributed by atoms with Crippen molar-refractivity contribution in [3.05, 3.63) is 23.8 Å². The van der Waals surface area contributed by atoms with Gasteiger partial charge in [-0.15, -0.1) is 0 Å². The number of anilines is 1. The highest BCUT2D eigenvalue weighted by Crippen LogP contribution is 2.21. The maximum Gasteiger partial charge on any atom is 0.241 e. The fourth-order valence-electron chi connectivity index (χ4n) is 2.33. The Hall–Kier alpha value is -1.11. The number of hydrogen-bond acceptors (Lipinski definition) is 4. The number of rotatable bonds is 3. The zero-order valence-electron chi connectivity index (χ0n) is 11.4. The largest absolute Gasteiger partial charge is 0.398 e. The molecule has 1 fully saturated rings. The number of likely N-dealkylation sites (tertiary alicyclic amines) is 1. The predicted octanol–water partition coefficient (Wildman–Crippen LogP) is 0.950. The minimum absolute atomic E-state index is 0.0158. The van der Waals surface area contributed by atoms with Gasteiger partial charge in [0.2, 0.25) is 10.0 Å². The summed E-state index contributed by atoms with van der Waals surface area (Å²) in [5.74, 6) is 0. The van der Waals surface area contributed by atoms with E-state index < -0.39 is 10.0 Å². The highest BCUT2D eigenvalue weighted by Gasteiger charge is 2.24. The summed E-state index contributed by atoms with van der Waals surface area (Å²) < 4.78 is 27.5. The SMILES string of the molecule is Cc1c(N)cccc1S(=O)(=O)NC1CCN(C)CC1. The second-order valence-corrected chi connectivity index (χ2v) is 6.85. The second kappa shape index (κ2) is 5.48. The number of nitrogens with one attached hydrogen (secondary N) is 1. The molecule has 0 aliphatic carbocycles. The van der Waals surface area contributed by atoms with Gasteiger partial charge >= 0.3 is 0 Å². The number of sulfonamides is 1. The summed E-state index contributed by atoms with van der Waals surface area (Å²) in [6, 6.07) is 5.00. The minimum Gasteiger partial charge on any atom is -0.398 e. The first kappa shape index (κ1) is 14.3. The molecule has 1 heterocycles. The van der Waals surface area contributed by atoms with Crippen molar-refractivity contribution in [1.82, 2.24) is 9.62 Å². The molecule has 6 heteroatoms. The number of nitrogen functional groups attached to an aromatic ring is 1. The van der Waals surface area contributed by atoms with Gasteiger partial charge < -0.3 is 10.6 Å². The van der Waals surface area contributed by atoms with Crippen molar-refractivity contribution >= 4 is 15.7 Å². The van der Waals surface area contributed by atoms with Crippen LogP contribution < -0.4 is 10.5 Å². The lowest BCUT2D eigenvalue weighted by atomic mass is 10.1. The van der Waals surface area contributed by atoms with E-state index in [0.29, 0.717) is 11.3 Å². The summed E-state index contributed by atoms with van der Waals surface area (Å²) in [5, 5.41) is 0. The van der Waals surface area contributed by atoms with Gasteiger partial charge in [0.15, 0.2) is 0 Å². The van der Waals surface area contributed by atoms with Crippen LogP contribution >= 0.6 is 0 Å². The molecule has 19 heavy (non-hydrogen) atoms. The summed E-state index contributed by atoms with van der Waals surface area (Å²) in [6.45, 7) is 3.57. The highest BCUT2D eigenvalue weighted by molar-refractivity contribution is 7.89. The van der Waals surface area contributed by atoms with E-state index in [1.807, 2.05) is 7.05 Å². The molecular formula is C13H21N3O2S. The molecule has 1 aliphatic heterocycles. The molecule has 0 unspecified atom stereocenters. The van der Waals surface area contributed by atoms with E-state index in [4.69, 9.17) is 5.73 Å². The third-order valence-corrected chi connectivity index (χ3v) is 5.32. The van der Waals surface area contributed by atoms with Gasteiger partial charge in [0, 0.05) is 11.7 Å². The predicted molar refractivity (Wildman–Crippen MR) is 76.4 cm³/mol. The van der Waals surface area contributed by atoms with E-state index in [1.54, 1.807) is 25.1 Å². The van der Waals surface area contributed by atoms with Gasteiger partial charge in [-0.25, -0.2) is 13.1 Å². The van der Waals surface area contributed by atoms with Crippen LogP contribution in [0.15, 0.2) is 23.1 Å². The molecule has 0 aromatic heterocycles. The molecule has 0 amide bonds. The zero-order valence-corrected chi connectivity index (χ0v) is 12.2. The first-order chi connectivity index (χ1) is 8.90. The van der Waals surface area contributed by atoms with Crippen LogP contribution in [0.4, 0.5) is 5.69 Å². The van der Waals surface area contributed by atoms with Crippen molar-refractivity contribution < 1.29 is 8.42 Å². The van der Waals surface area contributed by atoms with Gasteiger partial charge in [0.05, 0.1) is 4.90 Å². The standard InChI is InChI=1S/C13H21N3O2S/c1-10-12(14)4-3-5-13(10)19(17,18)15-11-6-8-16(2)9-7-11/h3-5,11,15H,6-9,14H2,1-2H3. The fourth-order valence-corrected chi connectivity index (χ4v) is 3.91. The van der Waals surface area contributed by atoms with Gasteiger partial charge in [-0.1, -0.05) is 6.07 Å². The Morgan fingerprint density at radius 1 is 1.32 bits per heavy atom. The maximum atomic E-state index is 12.4. The Kier molecular flexibility index (Phi) is 4.13. The Morgan fingerprint density at radius 2 is 1.95 bits per heavy atom. The fraction of sp³-hybridized carbons (Fsp3) is 0.538. The van der Waals surface area contributed by atoms with Gasteiger partial charge in [-0.05, 0) is 57.6 Å². The molecule has 2 rings (SSSR count). The van der Waals surface area contributed by atoms with Crippen LogP contribution in [-0.2, 0) is 10.0 Å². The third-order valence-electron chi connectivity index (χ3n) is 3.66. The number of nitrogens with zero attached hydrogens (tertiary/aromatic N) is 1. The number of piperidine rings is 1. The number of hydrogen-bond donors (Lipinski definition) is 2. The van der Waals surface area contributed by atoms with Crippen molar-refractivity contribution in [2.75, 3.05) is 25.9 Å². The van der Waals surface area contributed by atoms with Crippen LogP contribution in [0.3, 0.4) is 0 Å². The molecule has 0 radical (unpaired) electrons. The summed E-state index contributed by atoms with van der Waals surface area (Å²) in [6.07, 6.45) is 1.69. The minimum atomic E-state index is -3.48. The molecule has 3 N–H and O–H groups in total. The average Bonchev–Trinajstić information content (AvgIpc) is 2.35. The molecular weight excluding hydrogens is 262 g/mol. The lowest BCUT2D eigenvalue weighted by molar-refractivity contribution is 0.248. The van der Waals surface area contributed by atoms with Gasteiger partial charge in [-0.3, -0.25) is 0 Å².